The van der Waals surface area contributed by atoms with E-state index < -0.39 is 71.4 Å². The third-order valence-electron chi connectivity index (χ3n) is 14.6. The number of amides is 9. The van der Waals surface area contributed by atoms with Gasteiger partial charge in [0.1, 0.15) is 47.2 Å². The monoisotopic (exact) mass is 1260 g/mol. The molecule has 5 aromatic rings. The zero-order valence-corrected chi connectivity index (χ0v) is 52.0. The molecule has 0 saturated heterocycles. The number of methoxy groups -OCH3 is 4. The molecule has 4 atom stereocenters. The van der Waals surface area contributed by atoms with Crippen molar-refractivity contribution in [1.29, 1.82) is 0 Å². The van der Waals surface area contributed by atoms with E-state index in [-0.39, 0.29) is 99.6 Å². The van der Waals surface area contributed by atoms with Crippen molar-refractivity contribution in [2.75, 3.05) is 75.9 Å². The molecular formula is C65H87N13O13. The summed E-state index contributed by atoms with van der Waals surface area (Å²) in [5.74, 6) is -5.18. The lowest BCUT2D eigenvalue weighted by Gasteiger charge is -2.22. The van der Waals surface area contributed by atoms with Crippen molar-refractivity contribution in [2.45, 2.75) is 114 Å². The highest BCUT2D eigenvalue weighted by atomic mass is 16.5. The molecule has 0 aromatic heterocycles. The van der Waals surface area contributed by atoms with Crippen LogP contribution in [0.4, 0.5) is 22.7 Å². The molecule has 0 spiro atoms. The Labute approximate surface area is 529 Å². The van der Waals surface area contributed by atoms with Crippen molar-refractivity contribution in [3.8, 4) is 23.0 Å². The van der Waals surface area contributed by atoms with E-state index in [0.29, 0.717) is 90.4 Å². The van der Waals surface area contributed by atoms with Gasteiger partial charge in [0, 0.05) is 22.7 Å². The number of ether oxygens (including phenoxy) is 4. The molecule has 26 nitrogen and oxygen atoms in total. The van der Waals surface area contributed by atoms with Gasteiger partial charge in [-0.15, -0.1) is 0 Å². The van der Waals surface area contributed by atoms with Gasteiger partial charge in [-0.2, -0.15) is 0 Å². The Kier molecular flexibility index (Phi) is 30.1. The Balaban J connectivity index is 1.33. The zero-order valence-electron chi connectivity index (χ0n) is 52.0. The van der Waals surface area contributed by atoms with Crippen LogP contribution in [0.5, 0.6) is 23.0 Å². The van der Waals surface area contributed by atoms with Crippen molar-refractivity contribution >= 4 is 75.9 Å². The van der Waals surface area contributed by atoms with Crippen molar-refractivity contribution in [3.05, 3.63) is 131 Å². The van der Waals surface area contributed by atoms with Gasteiger partial charge in [0.05, 0.1) is 57.1 Å². The number of hydrogen-bond acceptors (Lipinski definition) is 17. The molecule has 0 unspecified atom stereocenters. The number of rotatable bonds is 39. The van der Waals surface area contributed by atoms with Gasteiger partial charge in [-0.1, -0.05) is 43.2 Å². The Bertz CT molecular complexity index is 3280. The van der Waals surface area contributed by atoms with Gasteiger partial charge in [-0.25, -0.2) is 0 Å². The Morgan fingerprint density at radius 2 is 0.648 bits per heavy atom. The maximum absolute atomic E-state index is 14.4. The lowest BCUT2D eigenvalue weighted by atomic mass is 10.0. The van der Waals surface area contributed by atoms with Crippen molar-refractivity contribution in [2.24, 2.45) is 28.7 Å². The Morgan fingerprint density at radius 1 is 0.363 bits per heavy atom. The second-order valence-electron chi connectivity index (χ2n) is 21.3. The minimum atomic E-state index is -1.18. The lowest BCUT2D eigenvalue weighted by Crippen LogP contribution is -2.45. The first-order chi connectivity index (χ1) is 43.9. The smallest absolute Gasteiger partial charge is 0.255 e. The minimum absolute atomic E-state index is 0.00530. The van der Waals surface area contributed by atoms with E-state index in [0.717, 1.165) is 5.56 Å². The van der Waals surface area contributed by atoms with Crippen LogP contribution in [0.2, 0.25) is 0 Å². The van der Waals surface area contributed by atoms with Crippen LogP contribution >= 0.6 is 0 Å². The topological polar surface area (TPSA) is 417 Å². The van der Waals surface area contributed by atoms with E-state index in [1.54, 1.807) is 6.07 Å². The van der Waals surface area contributed by atoms with E-state index in [9.17, 15) is 43.2 Å². The molecule has 0 fully saturated rings. The second kappa shape index (κ2) is 38.0. The zero-order chi connectivity index (χ0) is 66.2. The molecule has 0 heterocycles. The SMILES string of the molecule is COc1ccc(NC(=O)[C@H](CCCCN)NC(=O)c2cc(NC(=O)[C@H](CCCCN)NC(=O)c3cc(NC(=O)[C@H](CCCCCN)NC(=O)c4cc(NC(=O)[C@H](CCCCN)NC(=O)Cc5ccccc5)ccc4OC)ccc3OC)ccc2OC)cc1C(N)=O. The summed E-state index contributed by atoms with van der Waals surface area (Å²) in [6.07, 6.45) is 5.77. The average Bonchev–Trinajstić information content (AvgIpc) is 1.94. The molecule has 0 aliphatic heterocycles. The van der Waals surface area contributed by atoms with Crippen molar-refractivity contribution in [1.82, 2.24) is 21.3 Å². The van der Waals surface area contributed by atoms with Gasteiger partial charge < -0.3 is 90.2 Å². The molecule has 18 N–H and O–H groups in total. The van der Waals surface area contributed by atoms with Crippen LogP contribution in [-0.4, -0.2) is 132 Å². The highest BCUT2D eigenvalue weighted by Crippen LogP contribution is 2.28. The molecule has 9 amide bonds. The summed E-state index contributed by atoms with van der Waals surface area (Å²) in [7, 11) is 5.43. The molecule has 5 aromatic carbocycles. The average molecular weight is 1260 g/mol. The van der Waals surface area contributed by atoms with Crippen LogP contribution in [-0.2, 0) is 30.4 Å². The number of primary amides is 1. The van der Waals surface area contributed by atoms with Crippen LogP contribution in [0.1, 0.15) is 130 Å². The van der Waals surface area contributed by atoms with Gasteiger partial charge >= 0.3 is 0 Å². The summed E-state index contributed by atoms with van der Waals surface area (Å²) in [5.41, 5.74) is 30.1. The molecule has 0 radical (unpaired) electrons. The summed E-state index contributed by atoms with van der Waals surface area (Å²) in [6, 6.07) is 22.2. The molecule has 490 valence electrons. The molecule has 0 bridgehead atoms. The molecular weight excluding hydrogens is 1170 g/mol. The third-order valence-corrected chi connectivity index (χ3v) is 14.6. The van der Waals surface area contributed by atoms with Crippen molar-refractivity contribution < 1.29 is 62.1 Å². The molecule has 91 heavy (non-hydrogen) atoms. The fourth-order valence-corrected chi connectivity index (χ4v) is 9.74. The van der Waals surface area contributed by atoms with Gasteiger partial charge in [0.15, 0.2) is 0 Å². The highest BCUT2D eigenvalue weighted by Gasteiger charge is 2.29. The molecule has 5 rings (SSSR count). The van der Waals surface area contributed by atoms with Crippen LogP contribution < -0.4 is 90.2 Å². The first-order valence-electron chi connectivity index (χ1n) is 30.2. The van der Waals surface area contributed by atoms with E-state index in [4.69, 9.17) is 47.6 Å². The van der Waals surface area contributed by atoms with Crippen molar-refractivity contribution in [3.63, 3.8) is 0 Å². The lowest BCUT2D eigenvalue weighted by molar-refractivity contribution is -0.126. The number of unbranched alkanes of at least 4 members (excludes halogenated alkanes) is 5. The maximum atomic E-state index is 14.4. The van der Waals surface area contributed by atoms with E-state index in [1.807, 2.05) is 30.3 Å². The Hall–Kier alpha value is -9.63. The predicted octanol–water partition coefficient (Wildman–Crippen LogP) is 4.60. The highest BCUT2D eigenvalue weighted by molar-refractivity contribution is 6.08. The number of nitrogens with one attached hydrogen (secondary N) is 8. The summed E-state index contributed by atoms with van der Waals surface area (Å²) < 4.78 is 21.9. The first kappa shape index (κ1) is 72.1. The fraction of sp³-hybridized carbons (Fsp3) is 0.400. The molecule has 0 aliphatic carbocycles. The van der Waals surface area contributed by atoms with Crippen LogP contribution in [0.25, 0.3) is 0 Å². The van der Waals surface area contributed by atoms with Gasteiger partial charge in [-0.3, -0.25) is 43.2 Å². The Morgan fingerprint density at radius 3 is 0.956 bits per heavy atom. The van der Waals surface area contributed by atoms with E-state index in [2.05, 4.69) is 42.5 Å². The summed E-state index contributed by atoms with van der Waals surface area (Å²) >= 11 is 0. The summed E-state index contributed by atoms with van der Waals surface area (Å²) in [5, 5.41) is 22.3. The van der Waals surface area contributed by atoms with Crippen LogP contribution in [0.15, 0.2) is 103 Å². The van der Waals surface area contributed by atoms with Crippen LogP contribution in [0, 0.1) is 0 Å². The molecule has 26 heteroatoms. The molecule has 0 saturated carbocycles. The normalized spacial score (nSPS) is 12.1. The number of carbonyl (C=O) groups excluding carboxylic acids is 9. The number of carbonyl (C=O) groups is 9. The van der Waals surface area contributed by atoms with E-state index >= 15 is 0 Å². The van der Waals surface area contributed by atoms with Gasteiger partial charge in [0.25, 0.3) is 23.6 Å². The summed E-state index contributed by atoms with van der Waals surface area (Å²) in [4.78, 5) is 124. The number of benzene rings is 5. The number of hydrogen-bond donors (Lipinski definition) is 13. The van der Waals surface area contributed by atoms with Crippen LogP contribution in [0.3, 0.4) is 0 Å². The first-order valence-corrected chi connectivity index (χ1v) is 30.2. The standard InChI is InChI=1S/C65H87N13O13/c1-88-53-27-23-41(36-45(53)58(70)80)71-64(86)51(21-11-15-33-68)77-60(82)48-39-44(26-30-56(48)91-4)74-65(87)52(22-12-16-34-69)78-61(83)47-38-43(25-29-55(47)90-3)73-63(85)50(19-9-6-13-31-66)76-59(81)46-37-42(24-28-54(46)89-2)72-62(84)49(20-10-14-32-67)75-57(79)35-40-17-7-5-8-18-40/h5,7-8,17-18,23-30,36-39,49-52H,6,9-16,19-22,31-35,66-69H2,1-4H3,(H2,70,80)(H,71,86)(H,72,84)(H,73,85)(H,74,87)(H,75,79)(H,76,81)(H,77,82)(H,78,83)/t49-,50-,51-,52-/m0/s1. The van der Waals surface area contributed by atoms with E-state index in [1.165, 1.54) is 95.2 Å². The van der Waals surface area contributed by atoms with Gasteiger partial charge in [-0.05, 0) is 175 Å². The fourth-order valence-electron chi connectivity index (χ4n) is 9.74. The van der Waals surface area contributed by atoms with Gasteiger partial charge in [0.2, 0.25) is 29.5 Å². The number of anilines is 4. The third kappa shape index (κ3) is 22.7. The quantitative estimate of drug-likeness (QED) is 0.0239. The second-order valence-corrected chi connectivity index (χ2v) is 21.3. The number of nitrogens with two attached hydrogens (primary N) is 5. The minimum Gasteiger partial charge on any atom is -0.496 e. The predicted molar refractivity (Wildman–Crippen MR) is 347 cm³/mol. The molecule has 0 aliphatic rings. The summed E-state index contributed by atoms with van der Waals surface area (Å²) in [6.45, 7) is 1.45. The maximum Gasteiger partial charge on any atom is 0.255 e. The largest absolute Gasteiger partial charge is 0.496 e.